The molecular weight excluding hydrogens is 226 g/mol. The molecule has 0 unspecified atom stereocenters. The number of para-hydroxylation sites is 1. The van der Waals surface area contributed by atoms with Gasteiger partial charge in [0.15, 0.2) is 0 Å². The number of benzene rings is 1. The van der Waals surface area contributed by atoms with E-state index in [0.717, 1.165) is 17.1 Å². The minimum absolute atomic E-state index is 0.100. The van der Waals surface area contributed by atoms with Gasteiger partial charge < -0.3 is 10.5 Å². The Morgan fingerprint density at radius 3 is 2.56 bits per heavy atom. The number of hydrogen-bond acceptors (Lipinski definition) is 3. The summed E-state index contributed by atoms with van der Waals surface area (Å²) in [5, 5.41) is 4.44. The van der Waals surface area contributed by atoms with Crippen LogP contribution in [0.2, 0.25) is 0 Å². The zero-order valence-corrected chi connectivity index (χ0v) is 11.3. The predicted molar refractivity (Wildman–Crippen MR) is 73.2 cm³/mol. The van der Waals surface area contributed by atoms with Gasteiger partial charge in [-0.15, -0.1) is 0 Å². The smallest absolute Gasteiger partial charge is 0.144 e. The number of nitrogens with zero attached hydrogens (tertiary/aromatic N) is 2. The molecule has 0 radical (unpaired) electrons. The summed E-state index contributed by atoms with van der Waals surface area (Å²) in [4.78, 5) is 0. The van der Waals surface area contributed by atoms with Crippen molar-refractivity contribution in [3.8, 4) is 11.4 Å². The highest BCUT2D eigenvalue weighted by atomic mass is 16.5. The van der Waals surface area contributed by atoms with Crippen molar-refractivity contribution in [3.63, 3.8) is 0 Å². The number of anilines is 1. The third-order valence-electron chi connectivity index (χ3n) is 2.64. The van der Waals surface area contributed by atoms with Crippen LogP contribution in [-0.4, -0.2) is 15.9 Å². The molecule has 18 heavy (non-hydrogen) atoms. The monoisotopic (exact) mass is 245 g/mol. The van der Waals surface area contributed by atoms with Gasteiger partial charge in [0.2, 0.25) is 0 Å². The van der Waals surface area contributed by atoms with E-state index in [0.29, 0.717) is 11.4 Å². The van der Waals surface area contributed by atoms with Crippen molar-refractivity contribution >= 4 is 5.69 Å². The molecule has 0 spiro atoms. The van der Waals surface area contributed by atoms with E-state index in [2.05, 4.69) is 5.10 Å². The van der Waals surface area contributed by atoms with Crippen LogP contribution < -0.4 is 10.5 Å². The Bertz CT molecular complexity index is 558. The Morgan fingerprint density at radius 2 is 2.00 bits per heavy atom. The lowest BCUT2D eigenvalue weighted by molar-refractivity contribution is 0.244. The van der Waals surface area contributed by atoms with E-state index in [1.165, 1.54) is 0 Å². The molecule has 0 aliphatic heterocycles. The molecule has 2 aromatic rings. The average molecular weight is 245 g/mol. The van der Waals surface area contributed by atoms with Gasteiger partial charge in [-0.1, -0.05) is 6.07 Å². The molecule has 0 saturated carbocycles. The topological polar surface area (TPSA) is 53.1 Å². The van der Waals surface area contributed by atoms with Crippen molar-refractivity contribution in [2.24, 2.45) is 0 Å². The second-order valence-electron chi connectivity index (χ2n) is 4.69. The Balaban J connectivity index is 2.49. The molecule has 0 saturated heterocycles. The van der Waals surface area contributed by atoms with Crippen molar-refractivity contribution in [2.75, 3.05) is 5.73 Å². The molecule has 0 fully saturated rings. The Morgan fingerprint density at radius 1 is 1.28 bits per heavy atom. The van der Waals surface area contributed by atoms with Crippen molar-refractivity contribution in [1.29, 1.82) is 0 Å². The molecule has 1 aromatic carbocycles. The summed E-state index contributed by atoms with van der Waals surface area (Å²) in [5.74, 6) is 0.704. The zero-order chi connectivity index (χ0) is 13.3. The van der Waals surface area contributed by atoms with Gasteiger partial charge in [-0.05, 0) is 45.9 Å². The van der Waals surface area contributed by atoms with E-state index in [1.807, 2.05) is 56.6 Å². The first-order valence-corrected chi connectivity index (χ1v) is 6.08. The summed E-state index contributed by atoms with van der Waals surface area (Å²) < 4.78 is 7.53. The SMILES string of the molecule is Cc1cc(C)n(-c2cccc(OC(C)C)c2N)n1. The van der Waals surface area contributed by atoms with Gasteiger partial charge in [-0.3, -0.25) is 0 Å². The molecule has 1 heterocycles. The standard InChI is InChI=1S/C14H19N3O/c1-9(2)18-13-7-5-6-12(14(13)15)17-11(4)8-10(3)16-17/h5-9H,15H2,1-4H3. The highest BCUT2D eigenvalue weighted by Crippen LogP contribution is 2.29. The van der Waals surface area contributed by atoms with E-state index in [-0.39, 0.29) is 6.10 Å². The fourth-order valence-electron chi connectivity index (χ4n) is 1.95. The number of aryl methyl sites for hydroxylation is 2. The van der Waals surface area contributed by atoms with Gasteiger partial charge in [0.1, 0.15) is 11.4 Å². The lowest BCUT2D eigenvalue weighted by Gasteiger charge is -2.15. The number of hydrogen-bond donors (Lipinski definition) is 1. The summed E-state index contributed by atoms with van der Waals surface area (Å²) in [7, 11) is 0. The van der Waals surface area contributed by atoms with Crippen LogP contribution in [-0.2, 0) is 0 Å². The van der Waals surface area contributed by atoms with Gasteiger partial charge in [0, 0.05) is 5.69 Å². The van der Waals surface area contributed by atoms with Crippen LogP contribution in [0.1, 0.15) is 25.2 Å². The largest absolute Gasteiger partial charge is 0.489 e. The fraction of sp³-hybridized carbons (Fsp3) is 0.357. The average Bonchev–Trinajstić information content (AvgIpc) is 2.60. The highest BCUT2D eigenvalue weighted by molar-refractivity contribution is 5.66. The normalized spacial score (nSPS) is 10.9. The molecule has 96 valence electrons. The summed E-state index contributed by atoms with van der Waals surface area (Å²) in [6.45, 7) is 7.94. The lowest BCUT2D eigenvalue weighted by atomic mass is 10.2. The minimum atomic E-state index is 0.100. The van der Waals surface area contributed by atoms with E-state index in [4.69, 9.17) is 10.5 Å². The van der Waals surface area contributed by atoms with Gasteiger partial charge >= 0.3 is 0 Å². The minimum Gasteiger partial charge on any atom is -0.489 e. The number of nitrogen functional groups attached to an aromatic ring is 1. The Labute approximate surface area is 107 Å². The van der Waals surface area contributed by atoms with E-state index < -0.39 is 0 Å². The Hall–Kier alpha value is -1.97. The van der Waals surface area contributed by atoms with Crippen LogP contribution in [0.25, 0.3) is 5.69 Å². The van der Waals surface area contributed by atoms with Crippen molar-refractivity contribution < 1.29 is 4.74 Å². The molecule has 2 N–H and O–H groups in total. The van der Waals surface area contributed by atoms with Gasteiger partial charge in [-0.2, -0.15) is 5.10 Å². The number of aromatic nitrogens is 2. The molecule has 2 rings (SSSR count). The molecule has 1 aromatic heterocycles. The fourth-order valence-corrected chi connectivity index (χ4v) is 1.95. The van der Waals surface area contributed by atoms with E-state index >= 15 is 0 Å². The summed E-state index contributed by atoms with van der Waals surface area (Å²) in [5.41, 5.74) is 9.67. The second kappa shape index (κ2) is 4.72. The number of ether oxygens (including phenoxy) is 1. The van der Waals surface area contributed by atoms with E-state index in [1.54, 1.807) is 0 Å². The zero-order valence-electron chi connectivity index (χ0n) is 11.3. The third-order valence-corrected chi connectivity index (χ3v) is 2.64. The lowest BCUT2D eigenvalue weighted by Crippen LogP contribution is -2.10. The van der Waals surface area contributed by atoms with Crippen molar-refractivity contribution in [2.45, 2.75) is 33.8 Å². The summed E-state index contributed by atoms with van der Waals surface area (Å²) in [6, 6.07) is 7.78. The highest BCUT2D eigenvalue weighted by Gasteiger charge is 2.11. The molecule has 0 bridgehead atoms. The first-order valence-electron chi connectivity index (χ1n) is 6.08. The molecule has 4 nitrogen and oxygen atoms in total. The summed E-state index contributed by atoms with van der Waals surface area (Å²) >= 11 is 0. The molecule has 0 atom stereocenters. The predicted octanol–water partition coefficient (Wildman–Crippen LogP) is 2.86. The second-order valence-corrected chi connectivity index (χ2v) is 4.69. The molecule has 4 heteroatoms. The maximum Gasteiger partial charge on any atom is 0.144 e. The van der Waals surface area contributed by atoms with Crippen LogP contribution in [0.4, 0.5) is 5.69 Å². The molecular formula is C14H19N3O. The maximum atomic E-state index is 6.16. The maximum absolute atomic E-state index is 6.16. The third kappa shape index (κ3) is 2.32. The number of nitrogens with two attached hydrogens (primary N) is 1. The van der Waals surface area contributed by atoms with Gasteiger partial charge in [0.25, 0.3) is 0 Å². The first kappa shape index (κ1) is 12.5. The Kier molecular flexibility index (Phi) is 3.28. The quantitative estimate of drug-likeness (QED) is 0.846. The number of rotatable bonds is 3. The molecule has 0 aliphatic rings. The van der Waals surface area contributed by atoms with Gasteiger partial charge in [0.05, 0.1) is 17.5 Å². The molecule has 0 aliphatic carbocycles. The van der Waals surface area contributed by atoms with Crippen LogP contribution in [0.5, 0.6) is 5.75 Å². The van der Waals surface area contributed by atoms with Crippen LogP contribution >= 0.6 is 0 Å². The van der Waals surface area contributed by atoms with E-state index in [9.17, 15) is 0 Å². The van der Waals surface area contributed by atoms with Crippen molar-refractivity contribution in [3.05, 3.63) is 35.7 Å². The van der Waals surface area contributed by atoms with Gasteiger partial charge in [-0.25, -0.2) is 4.68 Å². The first-order chi connectivity index (χ1) is 8.49. The molecule has 0 amide bonds. The van der Waals surface area contributed by atoms with Crippen LogP contribution in [0.3, 0.4) is 0 Å². The summed E-state index contributed by atoms with van der Waals surface area (Å²) in [6.07, 6.45) is 0.100. The van der Waals surface area contributed by atoms with Crippen LogP contribution in [0, 0.1) is 13.8 Å². The van der Waals surface area contributed by atoms with Crippen molar-refractivity contribution in [1.82, 2.24) is 9.78 Å². The van der Waals surface area contributed by atoms with Crippen LogP contribution in [0.15, 0.2) is 24.3 Å².